The van der Waals surface area contributed by atoms with Crippen LogP contribution in [-0.2, 0) is 19.3 Å². The summed E-state index contributed by atoms with van der Waals surface area (Å²) in [5.74, 6) is 0. The predicted molar refractivity (Wildman–Crippen MR) is 78.4 cm³/mol. The van der Waals surface area contributed by atoms with Crippen molar-refractivity contribution in [3.8, 4) is 11.1 Å². The quantitative estimate of drug-likeness (QED) is 0.881. The zero-order valence-electron chi connectivity index (χ0n) is 11.7. The molecule has 0 spiro atoms. The summed E-state index contributed by atoms with van der Waals surface area (Å²) in [7, 11) is 1.98. The number of H-pyrrole nitrogens is 1. The van der Waals surface area contributed by atoms with Crippen molar-refractivity contribution in [2.45, 2.75) is 32.6 Å². The van der Waals surface area contributed by atoms with Gasteiger partial charge < -0.3 is 5.32 Å². The Morgan fingerprint density at radius 2 is 2.11 bits per heavy atom. The van der Waals surface area contributed by atoms with Gasteiger partial charge in [-0.1, -0.05) is 18.2 Å². The van der Waals surface area contributed by atoms with Gasteiger partial charge in [0.2, 0.25) is 0 Å². The number of rotatable bonds is 4. The Balaban J connectivity index is 1.99. The number of likely N-dealkylation sites (N-methyl/N-ethyl adjacent to an activating group) is 1. The third-order valence-corrected chi connectivity index (χ3v) is 4.02. The second-order valence-corrected chi connectivity index (χ2v) is 5.36. The van der Waals surface area contributed by atoms with Crippen molar-refractivity contribution in [2.24, 2.45) is 0 Å². The molecular weight excluding hydrogens is 234 g/mol. The fourth-order valence-electron chi connectivity index (χ4n) is 3.01. The van der Waals surface area contributed by atoms with Crippen LogP contribution in [0.15, 0.2) is 18.2 Å². The molecule has 1 aromatic heterocycles. The average Bonchev–Trinajstić information content (AvgIpc) is 3.01. The van der Waals surface area contributed by atoms with E-state index in [1.54, 1.807) is 0 Å². The highest BCUT2D eigenvalue weighted by atomic mass is 15.1. The number of nitrogens with zero attached hydrogens (tertiary/aromatic N) is 1. The van der Waals surface area contributed by atoms with Crippen LogP contribution >= 0.6 is 0 Å². The highest BCUT2D eigenvalue weighted by Gasteiger charge is 2.16. The smallest absolute Gasteiger partial charge is 0.0715 e. The molecule has 1 aliphatic carbocycles. The van der Waals surface area contributed by atoms with E-state index in [1.807, 2.05) is 7.05 Å². The van der Waals surface area contributed by atoms with Gasteiger partial charge in [-0.3, -0.25) is 5.10 Å². The molecule has 0 saturated carbocycles. The third-order valence-electron chi connectivity index (χ3n) is 4.02. The van der Waals surface area contributed by atoms with Gasteiger partial charge in [-0.2, -0.15) is 5.10 Å². The number of nitrogens with one attached hydrogen (secondary N) is 2. The number of aromatic amines is 1. The van der Waals surface area contributed by atoms with E-state index in [2.05, 4.69) is 40.6 Å². The lowest BCUT2D eigenvalue weighted by Crippen LogP contribution is -2.11. The molecule has 2 aromatic rings. The highest BCUT2D eigenvalue weighted by Crippen LogP contribution is 2.31. The molecule has 0 radical (unpaired) electrons. The minimum atomic E-state index is 0.961. The molecular formula is C16H21N3. The summed E-state index contributed by atoms with van der Waals surface area (Å²) >= 11 is 0. The number of benzene rings is 1. The van der Waals surface area contributed by atoms with Crippen LogP contribution in [-0.4, -0.2) is 23.8 Å². The van der Waals surface area contributed by atoms with E-state index in [0.717, 1.165) is 13.0 Å². The number of hydrogen-bond acceptors (Lipinski definition) is 2. The van der Waals surface area contributed by atoms with Gasteiger partial charge in [0.15, 0.2) is 0 Å². The summed E-state index contributed by atoms with van der Waals surface area (Å²) in [5.41, 5.74) is 8.01. The van der Waals surface area contributed by atoms with Crippen LogP contribution in [0.1, 0.15) is 28.9 Å². The monoisotopic (exact) mass is 255 g/mol. The zero-order valence-corrected chi connectivity index (χ0v) is 11.7. The van der Waals surface area contributed by atoms with Gasteiger partial charge in [-0.05, 0) is 49.9 Å². The van der Waals surface area contributed by atoms with Crippen LogP contribution in [0.2, 0.25) is 0 Å². The predicted octanol–water partition coefficient (Wildman–Crippen LogP) is 2.64. The van der Waals surface area contributed by atoms with Crippen LogP contribution in [0.25, 0.3) is 11.1 Å². The first kappa shape index (κ1) is 12.4. The molecule has 0 aliphatic heterocycles. The maximum absolute atomic E-state index is 4.46. The van der Waals surface area contributed by atoms with Crippen molar-refractivity contribution in [2.75, 3.05) is 13.6 Å². The second kappa shape index (κ2) is 5.17. The molecule has 100 valence electrons. The van der Waals surface area contributed by atoms with Crippen LogP contribution in [0, 0.1) is 6.92 Å². The summed E-state index contributed by atoms with van der Waals surface area (Å²) in [6, 6.07) is 6.92. The van der Waals surface area contributed by atoms with Crippen molar-refractivity contribution in [3.05, 3.63) is 40.7 Å². The first-order chi connectivity index (χ1) is 9.29. The fraction of sp³-hybridized carbons (Fsp3) is 0.438. The van der Waals surface area contributed by atoms with Crippen molar-refractivity contribution >= 4 is 0 Å². The van der Waals surface area contributed by atoms with Gasteiger partial charge in [0.05, 0.1) is 5.69 Å². The minimum absolute atomic E-state index is 0.961. The SMILES string of the molecule is CNCCc1n[nH]c(C)c1-c1ccc2c(c1)CCC2. The minimum Gasteiger partial charge on any atom is -0.319 e. The van der Waals surface area contributed by atoms with E-state index in [4.69, 9.17) is 0 Å². The van der Waals surface area contributed by atoms with E-state index in [1.165, 1.54) is 52.9 Å². The maximum Gasteiger partial charge on any atom is 0.0715 e. The lowest BCUT2D eigenvalue weighted by molar-refractivity contribution is 0.773. The van der Waals surface area contributed by atoms with E-state index in [-0.39, 0.29) is 0 Å². The van der Waals surface area contributed by atoms with Crippen molar-refractivity contribution < 1.29 is 0 Å². The van der Waals surface area contributed by atoms with E-state index >= 15 is 0 Å². The molecule has 3 heteroatoms. The molecule has 1 heterocycles. The topological polar surface area (TPSA) is 40.7 Å². The molecule has 0 unspecified atom stereocenters. The summed E-state index contributed by atoms with van der Waals surface area (Å²) in [6.07, 6.45) is 4.74. The Kier molecular flexibility index (Phi) is 3.38. The van der Waals surface area contributed by atoms with Crippen molar-refractivity contribution in [1.82, 2.24) is 15.5 Å². The normalized spacial score (nSPS) is 13.8. The van der Waals surface area contributed by atoms with Crippen LogP contribution < -0.4 is 5.32 Å². The number of aryl methyl sites for hydroxylation is 3. The van der Waals surface area contributed by atoms with E-state index in [9.17, 15) is 0 Å². The molecule has 2 N–H and O–H groups in total. The molecule has 1 aliphatic rings. The van der Waals surface area contributed by atoms with Gasteiger partial charge in [-0.15, -0.1) is 0 Å². The Morgan fingerprint density at radius 3 is 2.95 bits per heavy atom. The molecule has 0 bridgehead atoms. The molecule has 3 nitrogen and oxygen atoms in total. The number of fused-ring (bicyclic) bond motifs is 1. The second-order valence-electron chi connectivity index (χ2n) is 5.36. The lowest BCUT2D eigenvalue weighted by Gasteiger charge is -2.07. The summed E-state index contributed by atoms with van der Waals surface area (Å²) < 4.78 is 0. The molecule has 0 atom stereocenters. The van der Waals surface area contributed by atoms with Crippen LogP contribution in [0.4, 0.5) is 0 Å². The van der Waals surface area contributed by atoms with Gasteiger partial charge in [0.1, 0.15) is 0 Å². The van der Waals surface area contributed by atoms with E-state index < -0.39 is 0 Å². The summed E-state index contributed by atoms with van der Waals surface area (Å²) in [5, 5.41) is 10.8. The van der Waals surface area contributed by atoms with Crippen LogP contribution in [0.5, 0.6) is 0 Å². The highest BCUT2D eigenvalue weighted by molar-refractivity contribution is 5.70. The fourth-order valence-corrected chi connectivity index (χ4v) is 3.01. The molecule has 3 rings (SSSR count). The molecule has 19 heavy (non-hydrogen) atoms. The lowest BCUT2D eigenvalue weighted by atomic mass is 9.98. The third kappa shape index (κ3) is 2.30. The van der Waals surface area contributed by atoms with E-state index in [0.29, 0.717) is 0 Å². The average molecular weight is 255 g/mol. The van der Waals surface area contributed by atoms with Crippen molar-refractivity contribution in [1.29, 1.82) is 0 Å². The molecule has 0 saturated heterocycles. The zero-order chi connectivity index (χ0) is 13.2. The van der Waals surface area contributed by atoms with Crippen LogP contribution in [0.3, 0.4) is 0 Å². The first-order valence-corrected chi connectivity index (χ1v) is 7.10. The Hall–Kier alpha value is -1.61. The van der Waals surface area contributed by atoms with Gasteiger partial charge in [-0.25, -0.2) is 0 Å². The van der Waals surface area contributed by atoms with Gasteiger partial charge >= 0.3 is 0 Å². The standard InChI is InChI=1S/C16H21N3/c1-11-16(15(19-18-11)8-9-17-2)14-7-6-12-4-3-5-13(12)10-14/h6-7,10,17H,3-5,8-9H2,1-2H3,(H,18,19). The van der Waals surface area contributed by atoms with Crippen molar-refractivity contribution in [3.63, 3.8) is 0 Å². The Morgan fingerprint density at radius 1 is 1.26 bits per heavy atom. The Bertz CT molecular complexity index is 584. The summed E-state index contributed by atoms with van der Waals surface area (Å²) in [4.78, 5) is 0. The maximum atomic E-state index is 4.46. The summed E-state index contributed by atoms with van der Waals surface area (Å²) in [6.45, 7) is 3.07. The molecule has 1 aromatic carbocycles. The van der Waals surface area contributed by atoms with Gasteiger partial charge in [0, 0.05) is 24.2 Å². The molecule has 0 amide bonds. The Labute approximate surface area is 114 Å². The van der Waals surface area contributed by atoms with Gasteiger partial charge in [0.25, 0.3) is 0 Å². The largest absolute Gasteiger partial charge is 0.319 e. The molecule has 0 fully saturated rings. The number of aromatic nitrogens is 2. The number of hydrogen-bond donors (Lipinski definition) is 2. The first-order valence-electron chi connectivity index (χ1n) is 7.10.